The van der Waals surface area contributed by atoms with Gasteiger partial charge in [0.05, 0.1) is 20.1 Å². The zero-order chi connectivity index (χ0) is 17.6. The van der Waals surface area contributed by atoms with Crippen molar-refractivity contribution < 1.29 is 14.0 Å². The number of hydrogen-bond acceptors (Lipinski definition) is 2. The number of hydrogen-bond donors (Lipinski definition) is 0. The minimum Gasteiger partial charge on any atom is -0.457 e. The lowest BCUT2D eigenvalue weighted by molar-refractivity contribution is -0.913. The monoisotopic (exact) mass is 326 g/mol. The van der Waals surface area contributed by atoms with Gasteiger partial charge < -0.3 is 9.22 Å². The molecular formula is C20H40NO2+. The summed E-state index contributed by atoms with van der Waals surface area (Å²) in [6, 6.07) is 0.599. The molecule has 0 amide bonds. The minimum atomic E-state index is -0.323. The summed E-state index contributed by atoms with van der Waals surface area (Å²) in [5.41, 5.74) is 0. The zero-order valence-corrected chi connectivity index (χ0v) is 16.1. The molecule has 0 aromatic rings. The van der Waals surface area contributed by atoms with Gasteiger partial charge in [0.1, 0.15) is 13.2 Å². The smallest absolute Gasteiger partial charge is 0.330 e. The molecule has 0 aromatic carbocycles. The second-order valence-electron chi connectivity index (χ2n) is 7.34. The molecule has 0 saturated carbocycles. The number of nitrogens with zero attached hydrogens (tertiary/aromatic N) is 1. The first kappa shape index (κ1) is 22.2. The van der Waals surface area contributed by atoms with Crippen LogP contribution in [0.3, 0.4) is 0 Å². The first-order valence-corrected chi connectivity index (χ1v) is 9.56. The van der Waals surface area contributed by atoms with Crippen LogP contribution < -0.4 is 0 Å². The van der Waals surface area contributed by atoms with Crippen molar-refractivity contribution in [1.82, 2.24) is 0 Å². The van der Waals surface area contributed by atoms with Gasteiger partial charge in [-0.25, -0.2) is 4.79 Å². The second kappa shape index (κ2) is 13.6. The maximum absolute atomic E-state index is 11.1. The molecule has 1 unspecified atom stereocenters. The Bertz CT molecular complexity index is 313. The van der Waals surface area contributed by atoms with Crippen LogP contribution in [-0.2, 0) is 9.53 Å². The molecule has 0 aliphatic heterocycles. The number of carbonyl (C=O) groups is 1. The first-order chi connectivity index (χ1) is 10.9. The zero-order valence-electron chi connectivity index (χ0n) is 16.1. The molecule has 0 radical (unpaired) electrons. The van der Waals surface area contributed by atoms with E-state index in [1.54, 1.807) is 0 Å². The third kappa shape index (κ3) is 12.3. The van der Waals surface area contributed by atoms with E-state index in [-0.39, 0.29) is 5.97 Å². The third-order valence-corrected chi connectivity index (χ3v) is 5.00. The highest BCUT2D eigenvalue weighted by atomic mass is 16.5. The largest absolute Gasteiger partial charge is 0.457 e. The second-order valence-corrected chi connectivity index (χ2v) is 7.34. The molecule has 0 saturated heterocycles. The maximum Gasteiger partial charge on any atom is 0.330 e. The molecule has 0 aliphatic carbocycles. The summed E-state index contributed by atoms with van der Waals surface area (Å²) < 4.78 is 6.01. The van der Waals surface area contributed by atoms with E-state index in [0.717, 1.165) is 11.0 Å². The molecule has 23 heavy (non-hydrogen) atoms. The molecule has 0 fully saturated rings. The normalized spacial score (nSPS) is 12.9. The fourth-order valence-electron chi connectivity index (χ4n) is 2.76. The molecule has 0 bridgehead atoms. The molecular weight excluding hydrogens is 286 g/mol. The summed E-state index contributed by atoms with van der Waals surface area (Å²) in [7, 11) is 4.44. The molecule has 0 spiro atoms. The lowest BCUT2D eigenvalue weighted by Gasteiger charge is -2.36. The van der Waals surface area contributed by atoms with Gasteiger partial charge in [0, 0.05) is 6.08 Å². The van der Waals surface area contributed by atoms with Crippen LogP contribution in [0.4, 0.5) is 0 Å². The van der Waals surface area contributed by atoms with Gasteiger partial charge in [-0.3, -0.25) is 0 Å². The fraction of sp³-hybridized carbons (Fsp3) is 0.850. The lowest BCUT2D eigenvalue weighted by Crippen LogP contribution is -2.49. The van der Waals surface area contributed by atoms with Crippen LogP contribution in [0.5, 0.6) is 0 Å². The Morgan fingerprint density at radius 3 is 2.09 bits per heavy atom. The van der Waals surface area contributed by atoms with E-state index in [1.807, 2.05) is 0 Å². The molecule has 0 aliphatic rings. The van der Waals surface area contributed by atoms with E-state index in [1.165, 1.54) is 70.3 Å². The highest BCUT2D eigenvalue weighted by molar-refractivity contribution is 5.81. The SMILES string of the molecule is C=CC(=O)OCC[N+](C)(C)C(C)CCCCCCCCCCC. The van der Waals surface area contributed by atoms with Gasteiger partial charge in [0.25, 0.3) is 0 Å². The number of rotatable bonds is 15. The number of quaternary nitrogens is 1. The van der Waals surface area contributed by atoms with Gasteiger partial charge in [0.2, 0.25) is 0 Å². The van der Waals surface area contributed by atoms with Crippen molar-refractivity contribution in [2.45, 2.75) is 84.1 Å². The highest BCUT2D eigenvalue weighted by Gasteiger charge is 2.23. The van der Waals surface area contributed by atoms with E-state index >= 15 is 0 Å². The minimum absolute atomic E-state index is 0.323. The third-order valence-electron chi connectivity index (χ3n) is 5.00. The number of likely N-dealkylation sites (N-methyl/N-ethyl adjacent to an activating group) is 1. The number of ether oxygens (including phenoxy) is 1. The standard InChI is InChI=1S/C20H40NO2/c1-6-8-9-10-11-12-13-14-15-16-19(3)21(4,5)17-18-23-20(22)7-2/h7,19H,2,6,8-18H2,1,3-5H3/q+1. The van der Waals surface area contributed by atoms with Crippen molar-refractivity contribution in [3.05, 3.63) is 12.7 Å². The predicted molar refractivity (Wildman–Crippen MR) is 99.4 cm³/mol. The van der Waals surface area contributed by atoms with Crippen LogP contribution in [0.2, 0.25) is 0 Å². The van der Waals surface area contributed by atoms with Crippen LogP contribution >= 0.6 is 0 Å². The summed E-state index contributed by atoms with van der Waals surface area (Å²) in [5, 5.41) is 0. The Labute approximate surface area is 144 Å². The van der Waals surface area contributed by atoms with Crippen molar-refractivity contribution in [1.29, 1.82) is 0 Å². The Morgan fingerprint density at radius 1 is 1.04 bits per heavy atom. The van der Waals surface area contributed by atoms with E-state index < -0.39 is 0 Å². The number of carbonyl (C=O) groups excluding carboxylic acids is 1. The van der Waals surface area contributed by atoms with E-state index in [0.29, 0.717) is 12.6 Å². The summed E-state index contributed by atoms with van der Waals surface area (Å²) >= 11 is 0. The van der Waals surface area contributed by atoms with Gasteiger partial charge in [-0.2, -0.15) is 0 Å². The van der Waals surface area contributed by atoms with Crippen molar-refractivity contribution in [2.75, 3.05) is 27.2 Å². The Kier molecular flexibility index (Phi) is 13.1. The highest BCUT2D eigenvalue weighted by Crippen LogP contribution is 2.16. The molecule has 1 atom stereocenters. The van der Waals surface area contributed by atoms with Crippen molar-refractivity contribution >= 4 is 5.97 Å². The van der Waals surface area contributed by atoms with Gasteiger partial charge in [0.15, 0.2) is 0 Å². The maximum atomic E-state index is 11.1. The quantitative estimate of drug-likeness (QED) is 0.181. The van der Waals surface area contributed by atoms with E-state index in [2.05, 4.69) is 34.5 Å². The molecule has 0 aromatic heterocycles. The molecule has 0 rings (SSSR count). The van der Waals surface area contributed by atoms with Gasteiger partial charge in [-0.1, -0.05) is 64.9 Å². The first-order valence-electron chi connectivity index (χ1n) is 9.56. The topological polar surface area (TPSA) is 26.3 Å². The molecule has 0 N–H and O–H groups in total. The Balaban J connectivity index is 3.64. The van der Waals surface area contributed by atoms with Gasteiger partial charge in [-0.15, -0.1) is 0 Å². The summed E-state index contributed by atoms with van der Waals surface area (Å²) in [4.78, 5) is 11.1. The van der Waals surface area contributed by atoms with Crippen LogP contribution in [0.1, 0.15) is 78.1 Å². The van der Waals surface area contributed by atoms with Crippen molar-refractivity contribution in [3.63, 3.8) is 0 Å². The van der Waals surface area contributed by atoms with Crippen LogP contribution in [0.15, 0.2) is 12.7 Å². The van der Waals surface area contributed by atoms with E-state index in [4.69, 9.17) is 4.74 Å². The number of esters is 1. The van der Waals surface area contributed by atoms with Crippen LogP contribution in [0.25, 0.3) is 0 Å². The predicted octanol–water partition coefficient (Wildman–Crippen LogP) is 5.10. The van der Waals surface area contributed by atoms with Crippen molar-refractivity contribution in [2.24, 2.45) is 0 Å². The van der Waals surface area contributed by atoms with Crippen LogP contribution in [0, 0.1) is 0 Å². The molecule has 3 nitrogen and oxygen atoms in total. The Hall–Kier alpha value is -0.830. The van der Waals surface area contributed by atoms with Crippen LogP contribution in [-0.4, -0.2) is 43.7 Å². The van der Waals surface area contributed by atoms with E-state index in [9.17, 15) is 4.79 Å². The molecule has 136 valence electrons. The van der Waals surface area contributed by atoms with Gasteiger partial charge >= 0.3 is 5.97 Å². The average molecular weight is 327 g/mol. The lowest BCUT2D eigenvalue weighted by atomic mass is 10.0. The Morgan fingerprint density at radius 2 is 1.57 bits per heavy atom. The average Bonchev–Trinajstić information content (AvgIpc) is 2.52. The summed E-state index contributed by atoms with van der Waals surface area (Å²) in [6.45, 7) is 9.32. The fourth-order valence-corrected chi connectivity index (χ4v) is 2.76. The number of unbranched alkanes of at least 4 members (excludes halogenated alkanes) is 8. The summed E-state index contributed by atoms with van der Waals surface area (Å²) in [6.07, 6.45) is 14.9. The molecule has 3 heteroatoms. The summed E-state index contributed by atoms with van der Waals surface area (Å²) in [5.74, 6) is -0.323. The van der Waals surface area contributed by atoms with Crippen molar-refractivity contribution in [3.8, 4) is 0 Å². The van der Waals surface area contributed by atoms with Gasteiger partial charge in [-0.05, 0) is 19.8 Å². The molecule has 0 heterocycles.